The number of rotatable bonds is 8. The van der Waals surface area contributed by atoms with Crippen LogP contribution < -0.4 is 10.6 Å². The van der Waals surface area contributed by atoms with E-state index >= 15 is 0 Å². The number of carbonyl (C=O) groups is 1. The molecule has 4 rings (SSSR count). The van der Waals surface area contributed by atoms with Crippen molar-refractivity contribution in [2.45, 2.75) is 77.4 Å². The summed E-state index contributed by atoms with van der Waals surface area (Å²) in [6.45, 7) is 9.84. The van der Waals surface area contributed by atoms with E-state index in [1.54, 1.807) is 7.11 Å². The van der Waals surface area contributed by atoms with Crippen LogP contribution in [0, 0.1) is 0 Å². The van der Waals surface area contributed by atoms with Gasteiger partial charge in [0, 0.05) is 36.3 Å². The van der Waals surface area contributed by atoms with E-state index in [0.717, 1.165) is 18.5 Å². The van der Waals surface area contributed by atoms with Gasteiger partial charge in [0.2, 0.25) is 0 Å². The molecule has 0 spiro atoms. The van der Waals surface area contributed by atoms with Crippen molar-refractivity contribution in [3.63, 3.8) is 0 Å². The van der Waals surface area contributed by atoms with Crippen molar-refractivity contribution >= 4 is 22.6 Å². The van der Waals surface area contributed by atoms with Gasteiger partial charge in [-0.15, -0.1) is 0 Å². The number of fused-ring (bicyclic) bond motifs is 1. The van der Waals surface area contributed by atoms with E-state index in [-0.39, 0.29) is 11.4 Å². The lowest BCUT2D eigenvalue weighted by Gasteiger charge is -2.30. The van der Waals surface area contributed by atoms with Gasteiger partial charge in [0.15, 0.2) is 0 Å². The second-order valence-electron chi connectivity index (χ2n) is 10.4. The number of benzene rings is 2. The average Bonchev–Trinajstić information content (AvgIpc) is 3.44. The molecular weight excluding hydrogens is 422 g/mol. The summed E-state index contributed by atoms with van der Waals surface area (Å²) in [4.78, 5) is 13.2. The van der Waals surface area contributed by atoms with E-state index in [0.29, 0.717) is 25.1 Å². The number of methoxy groups -OCH3 is 1. The molecule has 1 aromatic heterocycles. The SMILES string of the molecule is COCn1cc(C2(CNC(=O)Nc3c(C(C)C)cccc3C(C)C)CCCC2)c2ccccc21. The van der Waals surface area contributed by atoms with E-state index in [2.05, 4.69) is 91.6 Å². The Morgan fingerprint density at radius 2 is 1.65 bits per heavy atom. The number of hydrogen-bond acceptors (Lipinski definition) is 2. The minimum Gasteiger partial charge on any atom is -0.364 e. The topological polar surface area (TPSA) is 55.3 Å². The van der Waals surface area contributed by atoms with Crippen LogP contribution in [0.5, 0.6) is 0 Å². The molecule has 2 amide bonds. The maximum absolute atomic E-state index is 13.2. The number of urea groups is 1. The van der Waals surface area contributed by atoms with Crippen molar-refractivity contribution in [1.29, 1.82) is 0 Å². The highest BCUT2D eigenvalue weighted by Gasteiger charge is 2.38. The van der Waals surface area contributed by atoms with Gasteiger partial charge in [0.1, 0.15) is 6.73 Å². The van der Waals surface area contributed by atoms with Crippen LogP contribution in [0.1, 0.15) is 81.9 Å². The predicted molar refractivity (Wildman–Crippen MR) is 141 cm³/mol. The fraction of sp³-hybridized carbons (Fsp3) is 0.483. The Morgan fingerprint density at radius 3 is 2.26 bits per heavy atom. The van der Waals surface area contributed by atoms with Crippen molar-refractivity contribution in [2.24, 2.45) is 0 Å². The Kier molecular flexibility index (Phi) is 7.32. The quantitative estimate of drug-likeness (QED) is 0.375. The number of ether oxygens (including phenoxy) is 1. The third kappa shape index (κ3) is 4.72. The Labute approximate surface area is 203 Å². The van der Waals surface area contributed by atoms with Gasteiger partial charge in [0.25, 0.3) is 0 Å². The van der Waals surface area contributed by atoms with Crippen LogP contribution in [-0.4, -0.2) is 24.3 Å². The standard InChI is InChI=1S/C29H39N3O2/c1-20(2)22-12-10-13-23(21(3)4)27(22)31-28(33)30-18-29(15-8-9-16-29)25-17-32(19-34-5)26-14-7-6-11-24(25)26/h6-7,10-14,17,20-21H,8-9,15-16,18-19H2,1-5H3,(H2,30,31,33). The number of carbonyl (C=O) groups excluding carboxylic acids is 1. The molecule has 2 aromatic carbocycles. The minimum atomic E-state index is -0.123. The molecular formula is C29H39N3O2. The number of amides is 2. The molecule has 0 radical (unpaired) electrons. The first-order chi connectivity index (χ1) is 16.4. The van der Waals surface area contributed by atoms with Gasteiger partial charge in [-0.2, -0.15) is 0 Å². The zero-order chi connectivity index (χ0) is 24.3. The molecule has 3 aromatic rings. The van der Waals surface area contributed by atoms with Crippen LogP contribution in [0.3, 0.4) is 0 Å². The van der Waals surface area contributed by atoms with E-state index in [4.69, 9.17) is 4.74 Å². The summed E-state index contributed by atoms with van der Waals surface area (Å²) in [6.07, 6.45) is 6.76. The Morgan fingerprint density at radius 1 is 1.00 bits per heavy atom. The molecule has 5 heteroatoms. The zero-order valence-electron chi connectivity index (χ0n) is 21.3. The fourth-order valence-corrected chi connectivity index (χ4v) is 5.61. The molecule has 1 heterocycles. The van der Waals surface area contributed by atoms with Crippen LogP contribution in [-0.2, 0) is 16.9 Å². The first-order valence-corrected chi connectivity index (χ1v) is 12.6. The summed E-state index contributed by atoms with van der Waals surface area (Å²) in [5.74, 6) is 0.671. The van der Waals surface area contributed by atoms with Gasteiger partial charge in [-0.1, -0.05) is 76.9 Å². The van der Waals surface area contributed by atoms with Gasteiger partial charge in [-0.25, -0.2) is 4.79 Å². The molecule has 0 bridgehead atoms. The molecule has 2 N–H and O–H groups in total. The Bertz CT molecular complexity index is 1110. The van der Waals surface area contributed by atoms with E-state index in [1.807, 2.05) is 0 Å². The van der Waals surface area contributed by atoms with Crippen LogP contribution in [0.2, 0.25) is 0 Å². The van der Waals surface area contributed by atoms with Crippen LogP contribution in [0.15, 0.2) is 48.7 Å². The highest BCUT2D eigenvalue weighted by molar-refractivity contribution is 5.92. The highest BCUT2D eigenvalue weighted by Crippen LogP contribution is 2.44. The molecule has 1 aliphatic carbocycles. The molecule has 1 fully saturated rings. The van der Waals surface area contributed by atoms with E-state index in [1.165, 1.54) is 40.4 Å². The first-order valence-electron chi connectivity index (χ1n) is 12.6. The van der Waals surface area contributed by atoms with Crippen LogP contribution in [0.4, 0.5) is 10.5 Å². The molecule has 0 aliphatic heterocycles. The second kappa shape index (κ2) is 10.2. The van der Waals surface area contributed by atoms with Gasteiger partial charge in [-0.3, -0.25) is 0 Å². The third-order valence-electron chi connectivity index (χ3n) is 7.39. The number of anilines is 1. The molecule has 0 saturated heterocycles. The molecule has 0 unspecified atom stereocenters. The van der Waals surface area contributed by atoms with Crippen molar-refractivity contribution in [1.82, 2.24) is 9.88 Å². The van der Waals surface area contributed by atoms with Crippen LogP contribution >= 0.6 is 0 Å². The van der Waals surface area contributed by atoms with Gasteiger partial charge < -0.3 is 19.9 Å². The summed E-state index contributed by atoms with van der Waals surface area (Å²) in [7, 11) is 1.73. The molecule has 0 atom stereocenters. The molecule has 5 nitrogen and oxygen atoms in total. The third-order valence-corrected chi connectivity index (χ3v) is 7.39. The van der Waals surface area contributed by atoms with Crippen molar-refractivity contribution in [2.75, 3.05) is 19.0 Å². The van der Waals surface area contributed by atoms with Crippen molar-refractivity contribution in [3.05, 3.63) is 65.4 Å². The molecule has 34 heavy (non-hydrogen) atoms. The molecule has 1 saturated carbocycles. The van der Waals surface area contributed by atoms with Crippen LogP contribution in [0.25, 0.3) is 10.9 Å². The summed E-state index contributed by atoms with van der Waals surface area (Å²) in [6, 6.07) is 14.7. The lowest BCUT2D eigenvalue weighted by atomic mass is 9.78. The number of nitrogens with zero attached hydrogens (tertiary/aromatic N) is 1. The van der Waals surface area contributed by atoms with Gasteiger partial charge in [0.05, 0.1) is 5.52 Å². The normalized spacial score (nSPS) is 15.4. The lowest BCUT2D eigenvalue weighted by molar-refractivity contribution is 0.134. The summed E-state index contributed by atoms with van der Waals surface area (Å²) in [5.41, 5.74) is 5.76. The zero-order valence-corrected chi connectivity index (χ0v) is 21.3. The second-order valence-corrected chi connectivity index (χ2v) is 10.4. The van der Waals surface area contributed by atoms with Crippen molar-refractivity contribution in [3.8, 4) is 0 Å². The van der Waals surface area contributed by atoms with E-state index in [9.17, 15) is 4.79 Å². The smallest absolute Gasteiger partial charge is 0.319 e. The maximum Gasteiger partial charge on any atom is 0.319 e. The Balaban J connectivity index is 1.60. The monoisotopic (exact) mass is 461 g/mol. The van der Waals surface area contributed by atoms with Gasteiger partial charge in [-0.05, 0) is 47.4 Å². The number of nitrogens with one attached hydrogen (secondary N) is 2. The summed E-state index contributed by atoms with van der Waals surface area (Å²) < 4.78 is 7.63. The summed E-state index contributed by atoms with van der Waals surface area (Å²) in [5, 5.41) is 7.74. The van der Waals surface area contributed by atoms with E-state index < -0.39 is 0 Å². The van der Waals surface area contributed by atoms with Crippen molar-refractivity contribution < 1.29 is 9.53 Å². The first kappa shape index (κ1) is 24.3. The van der Waals surface area contributed by atoms with Gasteiger partial charge >= 0.3 is 6.03 Å². The maximum atomic E-state index is 13.2. The largest absolute Gasteiger partial charge is 0.364 e. The Hall–Kier alpha value is -2.79. The summed E-state index contributed by atoms with van der Waals surface area (Å²) >= 11 is 0. The molecule has 182 valence electrons. The predicted octanol–water partition coefficient (Wildman–Crippen LogP) is 7.13. The number of para-hydroxylation sites is 2. The average molecular weight is 462 g/mol. The number of aromatic nitrogens is 1. The number of hydrogen-bond donors (Lipinski definition) is 2. The highest BCUT2D eigenvalue weighted by atomic mass is 16.5. The molecule has 1 aliphatic rings. The minimum absolute atomic E-state index is 0.0611. The fourth-order valence-electron chi connectivity index (χ4n) is 5.61. The lowest BCUT2D eigenvalue weighted by Crippen LogP contribution is -2.41.